The number of cyclic esters (lactones) is 1. The fourth-order valence-corrected chi connectivity index (χ4v) is 3.38. The Morgan fingerprint density at radius 3 is 2.44 bits per heavy atom. The molecule has 1 N–H and O–H groups in total. The highest BCUT2D eigenvalue weighted by Crippen LogP contribution is 2.29. The fourth-order valence-electron chi connectivity index (χ4n) is 3.38. The molecule has 34 heavy (non-hydrogen) atoms. The zero-order valence-electron chi connectivity index (χ0n) is 19.8. The standard InChI is InChI=1S/C23H23FN4O4.C2H6/c1-15(29)26-12-20-14-28(23(31)32-20)19-7-8-21(22(24)11-19)18-5-3-17(4-6-18)13-27(10-9-25)16(2)30;1-2/h3-8,11,20H,10,12-14H2,1-2H3,(H,26,29);1-2H3. The van der Waals surface area contributed by atoms with Crippen molar-refractivity contribution in [3.8, 4) is 17.2 Å². The summed E-state index contributed by atoms with van der Waals surface area (Å²) < 4.78 is 20.1. The summed E-state index contributed by atoms with van der Waals surface area (Å²) in [6, 6.07) is 13.5. The molecule has 2 aromatic rings. The van der Waals surface area contributed by atoms with Crippen molar-refractivity contribution in [2.45, 2.75) is 40.3 Å². The van der Waals surface area contributed by atoms with E-state index in [0.29, 0.717) is 23.4 Å². The molecule has 0 radical (unpaired) electrons. The van der Waals surface area contributed by atoms with Crippen LogP contribution in [0.3, 0.4) is 0 Å². The van der Waals surface area contributed by atoms with Crippen molar-refractivity contribution in [2.24, 2.45) is 0 Å². The number of hydrogen-bond acceptors (Lipinski definition) is 5. The highest BCUT2D eigenvalue weighted by molar-refractivity contribution is 5.90. The number of rotatable bonds is 7. The van der Waals surface area contributed by atoms with Gasteiger partial charge >= 0.3 is 6.09 Å². The van der Waals surface area contributed by atoms with Gasteiger partial charge in [0.2, 0.25) is 11.8 Å². The molecule has 3 rings (SSSR count). The van der Waals surface area contributed by atoms with Gasteiger partial charge in [-0.15, -0.1) is 0 Å². The Bertz CT molecular complexity index is 1070. The molecule has 0 aromatic heterocycles. The molecule has 180 valence electrons. The molecule has 1 aliphatic heterocycles. The summed E-state index contributed by atoms with van der Waals surface area (Å²) in [6.07, 6.45) is -1.10. The zero-order chi connectivity index (χ0) is 25.3. The number of benzene rings is 2. The number of amides is 3. The predicted molar refractivity (Wildman–Crippen MR) is 126 cm³/mol. The summed E-state index contributed by atoms with van der Waals surface area (Å²) >= 11 is 0. The van der Waals surface area contributed by atoms with Crippen molar-refractivity contribution in [3.05, 3.63) is 53.8 Å². The maximum Gasteiger partial charge on any atom is 0.414 e. The number of nitriles is 1. The van der Waals surface area contributed by atoms with Gasteiger partial charge in [0.1, 0.15) is 18.5 Å². The summed E-state index contributed by atoms with van der Waals surface area (Å²) in [5, 5.41) is 11.4. The first-order valence-electron chi connectivity index (χ1n) is 11.0. The summed E-state index contributed by atoms with van der Waals surface area (Å²) in [5.41, 5.74) is 2.19. The Morgan fingerprint density at radius 1 is 1.21 bits per heavy atom. The predicted octanol–water partition coefficient (Wildman–Crippen LogP) is 3.85. The Morgan fingerprint density at radius 2 is 1.88 bits per heavy atom. The van der Waals surface area contributed by atoms with E-state index in [2.05, 4.69) is 5.32 Å². The van der Waals surface area contributed by atoms with Gasteiger partial charge in [-0.25, -0.2) is 9.18 Å². The van der Waals surface area contributed by atoms with Crippen LogP contribution in [0.25, 0.3) is 11.1 Å². The third kappa shape index (κ3) is 6.78. The minimum atomic E-state index is -0.593. The number of hydrogen-bond donors (Lipinski definition) is 1. The normalized spacial score (nSPS) is 14.4. The molecule has 1 fully saturated rings. The third-order valence-corrected chi connectivity index (χ3v) is 5.06. The molecular formula is C25H29FN4O4. The lowest BCUT2D eigenvalue weighted by molar-refractivity contribution is -0.128. The van der Waals surface area contributed by atoms with E-state index in [1.54, 1.807) is 36.4 Å². The molecule has 1 aliphatic rings. The highest BCUT2D eigenvalue weighted by Gasteiger charge is 2.32. The summed E-state index contributed by atoms with van der Waals surface area (Å²) in [4.78, 5) is 37.5. The molecule has 8 nitrogen and oxygen atoms in total. The van der Waals surface area contributed by atoms with Gasteiger partial charge in [0.05, 0.1) is 24.8 Å². The summed E-state index contributed by atoms with van der Waals surface area (Å²) in [5.74, 6) is -0.916. The molecule has 0 bridgehead atoms. The van der Waals surface area contributed by atoms with Gasteiger partial charge in [0.25, 0.3) is 0 Å². The van der Waals surface area contributed by atoms with Gasteiger partial charge in [0, 0.05) is 26.0 Å². The number of nitrogens with zero attached hydrogens (tertiary/aromatic N) is 3. The second-order valence-corrected chi connectivity index (χ2v) is 7.45. The molecule has 1 unspecified atom stereocenters. The Kier molecular flexibility index (Phi) is 9.56. The molecular weight excluding hydrogens is 439 g/mol. The number of halogens is 1. The second kappa shape index (κ2) is 12.3. The largest absolute Gasteiger partial charge is 0.442 e. The zero-order valence-corrected chi connectivity index (χ0v) is 19.8. The van der Waals surface area contributed by atoms with Crippen LogP contribution in [0.4, 0.5) is 14.9 Å². The Labute approximate surface area is 198 Å². The van der Waals surface area contributed by atoms with E-state index in [-0.39, 0.29) is 31.4 Å². The molecule has 1 saturated heterocycles. The Hall–Kier alpha value is -3.93. The summed E-state index contributed by atoms with van der Waals surface area (Å²) in [7, 11) is 0. The van der Waals surface area contributed by atoms with Crippen LogP contribution in [0.2, 0.25) is 0 Å². The minimum Gasteiger partial charge on any atom is -0.442 e. The molecule has 0 saturated carbocycles. The van der Waals surface area contributed by atoms with Gasteiger partial charge < -0.3 is 15.0 Å². The van der Waals surface area contributed by atoms with Crippen LogP contribution in [-0.4, -0.2) is 48.5 Å². The smallest absolute Gasteiger partial charge is 0.414 e. The quantitative estimate of drug-likeness (QED) is 0.622. The second-order valence-electron chi connectivity index (χ2n) is 7.45. The van der Waals surface area contributed by atoms with Gasteiger partial charge in [-0.2, -0.15) is 5.26 Å². The minimum absolute atomic E-state index is 0.00220. The van der Waals surface area contributed by atoms with Gasteiger partial charge in [-0.3, -0.25) is 14.5 Å². The van der Waals surface area contributed by atoms with Crippen LogP contribution in [0.5, 0.6) is 0 Å². The van der Waals surface area contributed by atoms with Crippen molar-refractivity contribution in [1.82, 2.24) is 10.2 Å². The molecule has 2 aromatic carbocycles. The van der Waals surface area contributed by atoms with Gasteiger partial charge in [-0.1, -0.05) is 38.1 Å². The first-order valence-corrected chi connectivity index (χ1v) is 11.0. The first-order chi connectivity index (χ1) is 16.3. The fraction of sp³-hybridized carbons (Fsp3) is 0.360. The maximum atomic E-state index is 14.9. The Balaban J connectivity index is 0.00000199. The topological polar surface area (TPSA) is 103 Å². The van der Waals surface area contributed by atoms with Crippen molar-refractivity contribution in [1.29, 1.82) is 5.26 Å². The average molecular weight is 469 g/mol. The van der Waals surface area contributed by atoms with E-state index in [1.165, 1.54) is 29.7 Å². The number of carbonyl (C=O) groups excluding carboxylic acids is 3. The van der Waals surface area contributed by atoms with Crippen molar-refractivity contribution < 1.29 is 23.5 Å². The average Bonchev–Trinajstić information content (AvgIpc) is 3.19. The summed E-state index contributed by atoms with van der Waals surface area (Å²) in [6.45, 7) is 7.47. The first kappa shape index (κ1) is 26.3. The number of ether oxygens (including phenoxy) is 1. The van der Waals surface area contributed by atoms with Crippen LogP contribution in [0.1, 0.15) is 33.3 Å². The number of nitrogens with one attached hydrogen (secondary N) is 1. The van der Waals surface area contributed by atoms with Crippen molar-refractivity contribution in [3.63, 3.8) is 0 Å². The van der Waals surface area contributed by atoms with Crippen LogP contribution in [-0.2, 0) is 20.9 Å². The lowest BCUT2D eigenvalue weighted by Crippen LogP contribution is -2.33. The lowest BCUT2D eigenvalue weighted by atomic mass is 10.0. The van der Waals surface area contributed by atoms with Gasteiger partial charge in [-0.05, 0) is 29.3 Å². The molecule has 0 aliphatic carbocycles. The highest BCUT2D eigenvalue weighted by atomic mass is 19.1. The number of carbonyl (C=O) groups is 3. The molecule has 1 atom stereocenters. The lowest BCUT2D eigenvalue weighted by Gasteiger charge is -2.18. The van der Waals surface area contributed by atoms with E-state index in [9.17, 15) is 18.8 Å². The maximum absolute atomic E-state index is 14.9. The van der Waals surface area contributed by atoms with Crippen LogP contribution >= 0.6 is 0 Å². The van der Waals surface area contributed by atoms with E-state index >= 15 is 0 Å². The third-order valence-electron chi connectivity index (χ3n) is 5.06. The van der Waals surface area contributed by atoms with Crippen LogP contribution in [0.15, 0.2) is 42.5 Å². The van der Waals surface area contributed by atoms with Gasteiger partial charge in [0.15, 0.2) is 0 Å². The van der Waals surface area contributed by atoms with Crippen molar-refractivity contribution >= 4 is 23.6 Å². The molecule has 1 heterocycles. The number of anilines is 1. The van der Waals surface area contributed by atoms with E-state index in [4.69, 9.17) is 10.00 Å². The van der Waals surface area contributed by atoms with E-state index in [0.717, 1.165) is 5.56 Å². The SMILES string of the molecule is CC.CC(=O)NCC1CN(c2ccc(-c3ccc(CN(CC#N)C(C)=O)cc3)c(F)c2)C(=O)O1. The van der Waals surface area contributed by atoms with Crippen LogP contribution < -0.4 is 10.2 Å². The molecule has 0 spiro atoms. The molecule has 3 amide bonds. The van der Waals surface area contributed by atoms with E-state index < -0.39 is 18.0 Å². The van der Waals surface area contributed by atoms with Crippen molar-refractivity contribution in [2.75, 3.05) is 24.5 Å². The molecule has 9 heteroatoms. The monoisotopic (exact) mass is 468 g/mol. The van der Waals surface area contributed by atoms with Crippen LogP contribution in [0, 0.1) is 17.1 Å². The van der Waals surface area contributed by atoms with E-state index in [1.807, 2.05) is 19.9 Å².